The van der Waals surface area contributed by atoms with Gasteiger partial charge in [0.2, 0.25) is 5.91 Å². The van der Waals surface area contributed by atoms with E-state index in [1.165, 1.54) is 12.1 Å². The van der Waals surface area contributed by atoms with Crippen LogP contribution in [-0.4, -0.2) is 40.0 Å². The Morgan fingerprint density at radius 2 is 1.95 bits per heavy atom. The average Bonchev–Trinajstić information content (AvgIpc) is 3.75. The Balaban J connectivity index is 1.39. The van der Waals surface area contributed by atoms with Gasteiger partial charge in [-0.1, -0.05) is 11.6 Å². The van der Waals surface area contributed by atoms with E-state index < -0.39 is 28.6 Å². The summed E-state index contributed by atoms with van der Waals surface area (Å²) in [6.45, 7) is 3.45. The molecule has 210 valence electrons. The second kappa shape index (κ2) is 9.78. The van der Waals surface area contributed by atoms with Crippen LogP contribution in [0.4, 0.5) is 4.39 Å². The molecule has 1 aliphatic heterocycles. The number of carbonyl (C=O) groups is 2. The number of ether oxygens (including phenoxy) is 1. The first-order chi connectivity index (χ1) is 19.5. The third-order valence-electron chi connectivity index (χ3n) is 8.08. The summed E-state index contributed by atoms with van der Waals surface area (Å²) in [6.07, 6.45) is 3.17. The van der Waals surface area contributed by atoms with Crippen molar-refractivity contribution in [3.8, 4) is 17.0 Å². The van der Waals surface area contributed by atoms with Crippen LogP contribution in [0.5, 0.6) is 5.75 Å². The molecule has 2 amide bonds. The van der Waals surface area contributed by atoms with Gasteiger partial charge in [-0.2, -0.15) is 0 Å². The Hall–Kier alpha value is -4.08. The Bertz CT molecular complexity index is 1730. The van der Waals surface area contributed by atoms with Gasteiger partial charge in [-0.25, -0.2) is 9.37 Å². The molecule has 2 atom stereocenters. The van der Waals surface area contributed by atoms with Crippen LogP contribution >= 0.6 is 11.6 Å². The van der Waals surface area contributed by atoms with E-state index in [-0.39, 0.29) is 24.8 Å². The standard InChI is InChI=1S/C31H28ClFN4O4/c1-16-9-18-10-19(11-23(32)25(18)35-13-16)28(38)36-14-31(40,20-5-6-20)24-12-22-27(41-15-30(22,2)29(34)39)26(37-24)17-3-7-21(33)8-4-17/h3-4,7-13,20,40H,5-6,14-15H2,1-2H3,(H2,34,39)(H,36,38)/t30-,31?/m0/s1. The van der Waals surface area contributed by atoms with E-state index in [9.17, 15) is 19.1 Å². The topological polar surface area (TPSA) is 127 Å². The van der Waals surface area contributed by atoms with Crippen LogP contribution in [0.15, 0.2) is 54.7 Å². The number of aliphatic hydroxyl groups is 1. The minimum atomic E-state index is -1.56. The van der Waals surface area contributed by atoms with Crippen molar-refractivity contribution in [3.05, 3.63) is 88.0 Å². The number of pyridine rings is 2. The Morgan fingerprint density at radius 1 is 1.22 bits per heavy atom. The van der Waals surface area contributed by atoms with Crippen LogP contribution < -0.4 is 15.8 Å². The first-order valence-electron chi connectivity index (χ1n) is 13.3. The number of rotatable bonds is 7. The third-order valence-corrected chi connectivity index (χ3v) is 8.37. The van der Waals surface area contributed by atoms with Crippen LogP contribution in [0.2, 0.25) is 5.02 Å². The number of benzene rings is 2. The number of nitrogens with one attached hydrogen (secondary N) is 1. The number of amides is 2. The first-order valence-corrected chi connectivity index (χ1v) is 13.7. The summed E-state index contributed by atoms with van der Waals surface area (Å²) in [5, 5.41) is 16.0. The SMILES string of the molecule is Cc1cnc2c(Cl)cc(C(=O)NCC(O)(c3cc4c(c(-c5ccc(F)cc5)n3)OC[C@]4(C)C(N)=O)C3CC3)cc2c1. The van der Waals surface area contributed by atoms with Crippen molar-refractivity contribution in [2.24, 2.45) is 11.7 Å². The number of nitrogens with two attached hydrogens (primary N) is 1. The second-order valence-electron chi connectivity index (χ2n) is 11.1. The lowest BCUT2D eigenvalue weighted by atomic mass is 9.81. The van der Waals surface area contributed by atoms with E-state index in [2.05, 4.69) is 10.3 Å². The van der Waals surface area contributed by atoms with Crippen molar-refractivity contribution in [2.75, 3.05) is 13.2 Å². The van der Waals surface area contributed by atoms with Gasteiger partial charge in [-0.05, 0) is 86.7 Å². The Morgan fingerprint density at radius 3 is 2.63 bits per heavy atom. The molecule has 0 saturated heterocycles. The van der Waals surface area contributed by atoms with Crippen molar-refractivity contribution in [3.63, 3.8) is 0 Å². The van der Waals surface area contributed by atoms with E-state index in [4.69, 9.17) is 27.1 Å². The van der Waals surface area contributed by atoms with Crippen molar-refractivity contribution in [2.45, 2.75) is 37.7 Å². The molecule has 1 saturated carbocycles. The lowest BCUT2D eigenvalue weighted by molar-refractivity contribution is -0.123. The molecule has 2 aromatic carbocycles. The van der Waals surface area contributed by atoms with Crippen LogP contribution in [0.1, 0.15) is 46.9 Å². The first kappa shape index (κ1) is 27.1. The fourth-order valence-electron chi connectivity index (χ4n) is 5.38. The number of halogens is 2. The normalized spacial score (nSPS) is 19.3. The molecule has 0 spiro atoms. The molecule has 4 aromatic rings. The molecule has 2 aliphatic rings. The van der Waals surface area contributed by atoms with E-state index >= 15 is 0 Å². The molecule has 1 aliphatic carbocycles. The maximum atomic E-state index is 13.7. The van der Waals surface area contributed by atoms with Gasteiger partial charge in [0.25, 0.3) is 5.91 Å². The molecule has 0 bridgehead atoms. The maximum absolute atomic E-state index is 13.7. The molecule has 41 heavy (non-hydrogen) atoms. The van der Waals surface area contributed by atoms with Crippen LogP contribution in [0, 0.1) is 18.7 Å². The molecule has 8 nitrogen and oxygen atoms in total. The number of nitrogens with zero attached hydrogens (tertiary/aromatic N) is 2. The van der Waals surface area contributed by atoms with Gasteiger partial charge in [0.1, 0.15) is 34.9 Å². The van der Waals surface area contributed by atoms with Crippen molar-refractivity contribution in [1.82, 2.24) is 15.3 Å². The van der Waals surface area contributed by atoms with Crippen molar-refractivity contribution < 1.29 is 23.8 Å². The zero-order valence-corrected chi connectivity index (χ0v) is 23.3. The van der Waals surface area contributed by atoms with Crippen LogP contribution in [-0.2, 0) is 15.8 Å². The van der Waals surface area contributed by atoms with Gasteiger partial charge in [0.05, 0.1) is 22.8 Å². The minimum absolute atomic E-state index is 0.00659. The van der Waals surface area contributed by atoms with Gasteiger partial charge in [0.15, 0.2) is 0 Å². The van der Waals surface area contributed by atoms with E-state index in [1.54, 1.807) is 43.5 Å². The highest BCUT2D eigenvalue weighted by Crippen LogP contribution is 2.50. The Kier molecular flexibility index (Phi) is 6.47. The van der Waals surface area contributed by atoms with E-state index in [0.29, 0.717) is 38.7 Å². The summed E-state index contributed by atoms with van der Waals surface area (Å²) < 4.78 is 19.6. The minimum Gasteiger partial charge on any atom is -0.489 e. The predicted octanol–water partition coefficient (Wildman–Crippen LogP) is 4.56. The predicted molar refractivity (Wildman–Crippen MR) is 152 cm³/mol. The molecule has 6 rings (SSSR count). The highest BCUT2D eigenvalue weighted by Gasteiger charge is 2.50. The summed E-state index contributed by atoms with van der Waals surface area (Å²) in [5.74, 6) is -1.23. The fourth-order valence-corrected chi connectivity index (χ4v) is 5.66. The monoisotopic (exact) mass is 574 g/mol. The molecule has 4 N–H and O–H groups in total. The smallest absolute Gasteiger partial charge is 0.251 e. The molecule has 0 radical (unpaired) electrons. The zero-order chi connectivity index (χ0) is 29.1. The molecular weight excluding hydrogens is 547 g/mol. The van der Waals surface area contributed by atoms with E-state index in [0.717, 1.165) is 23.8 Å². The zero-order valence-electron chi connectivity index (χ0n) is 22.5. The summed E-state index contributed by atoms with van der Waals surface area (Å²) in [5.41, 5.74) is 6.60. The van der Waals surface area contributed by atoms with Gasteiger partial charge >= 0.3 is 0 Å². The maximum Gasteiger partial charge on any atom is 0.251 e. The second-order valence-corrected chi connectivity index (χ2v) is 11.6. The summed E-state index contributed by atoms with van der Waals surface area (Å²) in [7, 11) is 0. The van der Waals surface area contributed by atoms with E-state index in [1.807, 2.05) is 13.0 Å². The van der Waals surface area contributed by atoms with Gasteiger partial charge < -0.3 is 20.9 Å². The highest BCUT2D eigenvalue weighted by atomic mass is 35.5. The van der Waals surface area contributed by atoms with Gasteiger partial charge in [-0.3, -0.25) is 14.6 Å². The highest BCUT2D eigenvalue weighted by molar-refractivity contribution is 6.35. The largest absolute Gasteiger partial charge is 0.489 e. The molecular formula is C31H28ClFN4O4. The Labute approximate surface area is 240 Å². The molecule has 2 aromatic heterocycles. The van der Waals surface area contributed by atoms with Crippen LogP contribution in [0.3, 0.4) is 0 Å². The lowest BCUT2D eigenvalue weighted by Gasteiger charge is -2.30. The number of hydrogen-bond donors (Lipinski definition) is 3. The number of aryl methyl sites for hydroxylation is 1. The summed E-state index contributed by atoms with van der Waals surface area (Å²) >= 11 is 6.42. The van der Waals surface area contributed by atoms with Crippen molar-refractivity contribution >= 4 is 34.3 Å². The molecule has 3 heterocycles. The van der Waals surface area contributed by atoms with Gasteiger partial charge in [0, 0.05) is 28.3 Å². The average molecular weight is 575 g/mol. The fraction of sp³-hybridized carbons (Fsp3) is 0.290. The number of aromatic nitrogens is 2. The quantitative estimate of drug-likeness (QED) is 0.297. The van der Waals surface area contributed by atoms with Crippen LogP contribution in [0.25, 0.3) is 22.2 Å². The molecule has 1 unspecified atom stereocenters. The van der Waals surface area contributed by atoms with Crippen molar-refractivity contribution in [1.29, 1.82) is 0 Å². The summed E-state index contributed by atoms with van der Waals surface area (Å²) in [6, 6.07) is 12.5. The van der Waals surface area contributed by atoms with Gasteiger partial charge in [-0.15, -0.1) is 0 Å². The molecule has 1 fully saturated rings. The third kappa shape index (κ3) is 4.69. The number of primary amides is 1. The summed E-state index contributed by atoms with van der Waals surface area (Å²) in [4.78, 5) is 35.0. The number of carbonyl (C=O) groups excluding carboxylic acids is 2. The lowest BCUT2D eigenvalue weighted by Crippen LogP contribution is -2.44. The number of hydrogen-bond acceptors (Lipinski definition) is 6. The molecule has 10 heteroatoms. The number of fused-ring (bicyclic) bond motifs is 2.